The first-order valence-electron chi connectivity index (χ1n) is 8.14. The first-order chi connectivity index (χ1) is 10.3. The van der Waals surface area contributed by atoms with Crippen LogP contribution in [0, 0.1) is 0 Å². The molecule has 22 heavy (non-hydrogen) atoms. The number of nitrogens with one attached hydrogen (secondary N) is 2. The van der Waals surface area contributed by atoms with Gasteiger partial charge in [0.15, 0.2) is 0 Å². The van der Waals surface area contributed by atoms with Crippen LogP contribution in [0.1, 0.15) is 40.5 Å². The van der Waals surface area contributed by atoms with Crippen molar-refractivity contribution in [1.29, 1.82) is 0 Å². The van der Waals surface area contributed by atoms with Crippen LogP contribution in [0.15, 0.2) is 30.3 Å². The molecule has 1 aliphatic rings. The Morgan fingerprint density at radius 2 is 1.77 bits per heavy atom. The van der Waals surface area contributed by atoms with Gasteiger partial charge in [-0.1, -0.05) is 18.2 Å². The Balaban J connectivity index is 1.75. The number of benzene rings is 1. The third kappa shape index (κ3) is 5.59. The molecule has 124 valence electrons. The van der Waals surface area contributed by atoms with E-state index in [1.54, 1.807) is 0 Å². The summed E-state index contributed by atoms with van der Waals surface area (Å²) in [5.41, 5.74) is 0.232. The van der Waals surface area contributed by atoms with Gasteiger partial charge in [0.25, 0.3) is 0 Å². The van der Waals surface area contributed by atoms with E-state index < -0.39 is 6.10 Å². The summed E-state index contributed by atoms with van der Waals surface area (Å²) < 4.78 is 5.59. The highest BCUT2D eigenvalue weighted by molar-refractivity contribution is 5.20. The molecule has 4 nitrogen and oxygen atoms in total. The Bertz CT molecular complexity index is 443. The van der Waals surface area contributed by atoms with Crippen LogP contribution in [0.4, 0.5) is 0 Å². The number of piperidine rings is 1. The Hall–Kier alpha value is -1.10. The van der Waals surface area contributed by atoms with Gasteiger partial charge < -0.3 is 20.5 Å². The van der Waals surface area contributed by atoms with Crippen molar-refractivity contribution >= 4 is 0 Å². The third-order valence-electron chi connectivity index (χ3n) is 4.02. The van der Waals surface area contributed by atoms with Crippen LogP contribution < -0.4 is 15.4 Å². The molecule has 0 bridgehead atoms. The van der Waals surface area contributed by atoms with Crippen molar-refractivity contribution in [3.8, 4) is 5.75 Å². The fraction of sp³-hybridized carbons (Fsp3) is 0.667. The maximum atomic E-state index is 10.1. The average molecular weight is 306 g/mol. The lowest BCUT2D eigenvalue weighted by molar-refractivity contribution is 0.0901. The molecular formula is C18H30N2O2. The zero-order valence-electron chi connectivity index (χ0n) is 14.2. The van der Waals surface area contributed by atoms with Crippen molar-refractivity contribution in [2.24, 2.45) is 0 Å². The molecular weight excluding hydrogens is 276 g/mol. The standard InChI is InChI=1S/C18H30N2O2/c1-17(2)10-14(11-18(3,4)20-17)19-12-15(21)13-22-16-8-6-5-7-9-16/h5-9,14-15,19-21H,10-13H2,1-4H3. The minimum atomic E-state index is -0.499. The maximum Gasteiger partial charge on any atom is 0.119 e. The molecule has 1 atom stereocenters. The molecule has 1 saturated heterocycles. The minimum absolute atomic E-state index is 0.116. The summed E-state index contributed by atoms with van der Waals surface area (Å²) in [4.78, 5) is 0. The molecule has 1 aromatic carbocycles. The van der Waals surface area contributed by atoms with Crippen molar-refractivity contribution in [1.82, 2.24) is 10.6 Å². The van der Waals surface area contributed by atoms with Gasteiger partial charge in [0.2, 0.25) is 0 Å². The Kier molecular flexibility index (Phi) is 5.48. The summed E-state index contributed by atoms with van der Waals surface area (Å²) in [6.07, 6.45) is 1.62. The van der Waals surface area contributed by atoms with Crippen LogP contribution in [-0.2, 0) is 0 Å². The second kappa shape index (κ2) is 6.99. The van der Waals surface area contributed by atoms with Crippen LogP contribution in [0.3, 0.4) is 0 Å². The second-order valence-electron chi connectivity index (χ2n) is 7.68. The number of hydrogen-bond donors (Lipinski definition) is 3. The van der Waals surface area contributed by atoms with Crippen molar-refractivity contribution in [2.75, 3.05) is 13.2 Å². The quantitative estimate of drug-likeness (QED) is 0.755. The zero-order valence-corrected chi connectivity index (χ0v) is 14.2. The fourth-order valence-electron chi connectivity index (χ4n) is 3.54. The lowest BCUT2D eigenvalue weighted by atomic mass is 9.79. The maximum absolute atomic E-state index is 10.1. The van der Waals surface area contributed by atoms with E-state index in [0.717, 1.165) is 18.6 Å². The third-order valence-corrected chi connectivity index (χ3v) is 4.02. The van der Waals surface area contributed by atoms with Crippen LogP contribution >= 0.6 is 0 Å². The van der Waals surface area contributed by atoms with Crippen LogP contribution in [0.2, 0.25) is 0 Å². The predicted molar refractivity (Wildman–Crippen MR) is 90.3 cm³/mol. The number of hydrogen-bond acceptors (Lipinski definition) is 4. The largest absolute Gasteiger partial charge is 0.491 e. The smallest absolute Gasteiger partial charge is 0.119 e. The molecule has 0 radical (unpaired) electrons. The summed E-state index contributed by atoms with van der Waals surface area (Å²) in [6, 6.07) is 10.0. The summed E-state index contributed by atoms with van der Waals surface area (Å²) in [7, 11) is 0. The number of aliphatic hydroxyl groups excluding tert-OH is 1. The molecule has 1 heterocycles. The van der Waals surface area contributed by atoms with E-state index in [1.165, 1.54) is 0 Å². The minimum Gasteiger partial charge on any atom is -0.491 e. The normalized spacial score (nSPS) is 22.2. The van der Waals surface area contributed by atoms with E-state index in [2.05, 4.69) is 38.3 Å². The number of aliphatic hydroxyl groups is 1. The van der Waals surface area contributed by atoms with Gasteiger partial charge in [-0.2, -0.15) is 0 Å². The molecule has 1 unspecified atom stereocenters. The molecule has 0 saturated carbocycles. The molecule has 2 rings (SSSR count). The summed E-state index contributed by atoms with van der Waals surface area (Å²) in [5.74, 6) is 0.797. The summed E-state index contributed by atoms with van der Waals surface area (Å²) in [6.45, 7) is 9.81. The molecule has 1 fully saturated rings. The van der Waals surface area contributed by atoms with E-state index in [4.69, 9.17) is 4.74 Å². The number of rotatable bonds is 6. The van der Waals surface area contributed by atoms with Gasteiger partial charge in [0.1, 0.15) is 18.5 Å². The first-order valence-corrected chi connectivity index (χ1v) is 8.14. The topological polar surface area (TPSA) is 53.5 Å². The Morgan fingerprint density at radius 3 is 2.36 bits per heavy atom. The van der Waals surface area contributed by atoms with Crippen LogP contribution in [0.25, 0.3) is 0 Å². The van der Waals surface area contributed by atoms with Gasteiger partial charge in [0, 0.05) is 23.7 Å². The van der Waals surface area contributed by atoms with E-state index in [-0.39, 0.29) is 11.1 Å². The van der Waals surface area contributed by atoms with Gasteiger partial charge in [-0.05, 0) is 52.7 Å². The molecule has 1 aliphatic heterocycles. The fourth-order valence-corrected chi connectivity index (χ4v) is 3.54. The lowest BCUT2D eigenvalue weighted by Gasteiger charge is -2.47. The van der Waals surface area contributed by atoms with Crippen molar-refractivity contribution in [3.63, 3.8) is 0 Å². The molecule has 0 aliphatic carbocycles. The highest BCUT2D eigenvalue weighted by atomic mass is 16.5. The van der Waals surface area contributed by atoms with Crippen molar-refractivity contribution in [3.05, 3.63) is 30.3 Å². The summed E-state index contributed by atoms with van der Waals surface area (Å²) in [5, 5.41) is 17.3. The first kappa shape index (κ1) is 17.3. The van der Waals surface area contributed by atoms with Gasteiger partial charge in [-0.25, -0.2) is 0 Å². The van der Waals surface area contributed by atoms with Gasteiger partial charge >= 0.3 is 0 Å². The van der Waals surface area contributed by atoms with E-state index >= 15 is 0 Å². The highest BCUT2D eigenvalue weighted by Crippen LogP contribution is 2.28. The van der Waals surface area contributed by atoms with E-state index in [9.17, 15) is 5.11 Å². The molecule has 0 amide bonds. The van der Waals surface area contributed by atoms with Gasteiger partial charge in [0.05, 0.1) is 0 Å². The second-order valence-corrected chi connectivity index (χ2v) is 7.68. The lowest BCUT2D eigenvalue weighted by Crippen LogP contribution is -2.62. The SMILES string of the molecule is CC1(C)CC(NCC(O)COc2ccccc2)CC(C)(C)N1. The highest BCUT2D eigenvalue weighted by Gasteiger charge is 2.37. The van der Waals surface area contributed by atoms with Gasteiger partial charge in [-0.3, -0.25) is 0 Å². The summed E-state index contributed by atoms with van der Waals surface area (Å²) >= 11 is 0. The monoisotopic (exact) mass is 306 g/mol. The van der Waals surface area contributed by atoms with Crippen molar-refractivity contribution in [2.45, 2.75) is 63.8 Å². The van der Waals surface area contributed by atoms with E-state index in [0.29, 0.717) is 19.2 Å². The predicted octanol–water partition coefficient (Wildman–Crippen LogP) is 2.33. The molecule has 1 aromatic rings. The van der Waals surface area contributed by atoms with E-state index in [1.807, 2.05) is 30.3 Å². The number of para-hydroxylation sites is 1. The molecule has 4 heteroatoms. The van der Waals surface area contributed by atoms with Crippen molar-refractivity contribution < 1.29 is 9.84 Å². The van der Waals surface area contributed by atoms with Gasteiger partial charge in [-0.15, -0.1) is 0 Å². The van der Waals surface area contributed by atoms with Crippen LogP contribution in [0.5, 0.6) is 5.75 Å². The average Bonchev–Trinajstić information content (AvgIpc) is 2.41. The Morgan fingerprint density at radius 1 is 1.18 bits per heavy atom. The Labute approximate surface area is 134 Å². The molecule has 0 spiro atoms. The van der Waals surface area contributed by atoms with Crippen LogP contribution in [-0.4, -0.2) is 41.5 Å². The number of ether oxygens (including phenoxy) is 1. The zero-order chi connectivity index (χ0) is 16.2. The molecule has 0 aromatic heterocycles. The molecule has 3 N–H and O–H groups in total.